The van der Waals surface area contributed by atoms with Crippen molar-refractivity contribution >= 4 is 46.9 Å². The van der Waals surface area contributed by atoms with Gasteiger partial charge in [0.15, 0.2) is 0 Å². The fourth-order valence-corrected chi connectivity index (χ4v) is 2.19. The molecule has 5 nitrogen and oxygen atoms in total. The molecule has 0 fully saturated rings. The maximum absolute atomic E-state index is 11.7. The number of benzene rings is 2. The quantitative estimate of drug-likeness (QED) is 0.506. The fraction of sp³-hybridized carbons (Fsp3) is 0.0625. The highest BCUT2D eigenvalue weighted by Gasteiger charge is 2.12. The minimum absolute atomic E-state index is 0.389. The lowest BCUT2D eigenvalue weighted by Gasteiger charge is -2.04. The van der Waals surface area contributed by atoms with Gasteiger partial charge in [0.2, 0.25) is 0 Å². The van der Waals surface area contributed by atoms with E-state index < -0.39 is 11.8 Å². The first-order valence-corrected chi connectivity index (χ1v) is 7.37. The van der Waals surface area contributed by atoms with E-state index in [2.05, 4.69) is 15.8 Å². The largest absolute Gasteiger partial charge is 0.329 e. The van der Waals surface area contributed by atoms with Crippen LogP contribution in [0.25, 0.3) is 0 Å². The number of hydrogen-bond donors (Lipinski definition) is 2. The van der Waals surface area contributed by atoms with Crippen molar-refractivity contribution in [3.8, 4) is 0 Å². The number of halogens is 2. The van der Waals surface area contributed by atoms with E-state index >= 15 is 0 Å². The Labute approximate surface area is 143 Å². The number of anilines is 1. The summed E-state index contributed by atoms with van der Waals surface area (Å²) in [6, 6.07) is 11.9. The van der Waals surface area contributed by atoms with E-state index in [1.54, 1.807) is 36.4 Å². The van der Waals surface area contributed by atoms with Gasteiger partial charge in [-0.15, -0.1) is 0 Å². The standard InChI is InChI=1S/C16H13Cl2N3O2/c1-10-3-2-4-13(7-10)20-15(22)16(23)21-19-9-11-5-6-12(17)8-14(11)18/h2-9H,1H3,(H,20,22)(H,21,23)/b19-9+. The van der Waals surface area contributed by atoms with Crippen LogP contribution in [0, 0.1) is 6.92 Å². The van der Waals surface area contributed by atoms with Gasteiger partial charge in [0.25, 0.3) is 0 Å². The molecule has 0 bridgehead atoms. The monoisotopic (exact) mass is 349 g/mol. The first kappa shape index (κ1) is 17.0. The van der Waals surface area contributed by atoms with Gasteiger partial charge in [-0.25, -0.2) is 5.43 Å². The lowest BCUT2D eigenvalue weighted by Crippen LogP contribution is -2.32. The zero-order valence-corrected chi connectivity index (χ0v) is 13.7. The number of nitrogens with zero attached hydrogens (tertiary/aromatic N) is 1. The summed E-state index contributed by atoms with van der Waals surface area (Å²) < 4.78 is 0. The number of hydrogen-bond acceptors (Lipinski definition) is 3. The third-order valence-corrected chi connectivity index (χ3v) is 3.38. The second-order valence-electron chi connectivity index (χ2n) is 4.69. The first-order chi connectivity index (χ1) is 11.0. The van der Waals surface area contributed by atoms with Gasteiger partial charge in [-0.2, -0.15) is 5.10 Å². The maximum Gasteiger partial charge on any atom is 0.329 e. The van der Waals surface area contributed by atoms with E-state index in [-0.39, 0.29) is 0 Å². The van der Waals surface area contributed by atoms with E-state index in [0.29, 0.717) is 21.3 Å². The molecule has 2 aromatic rings. The lowest BCUT2D eigenvalue weighted by atomic mass is 10.2. The number of hydrazone groups is 1. The minimum Gasteiger partial charge on any atom is -0.318 e. The molecule has 118 valence electrons. The molecule has 0 aliphatic carbocycles. The predicted molar refractivity (Wildman–Crippen MR) is 92.0 cm³/mol. The van der Waals surface area contributed by atoms with E-state index in [0.717, 1.165) is 5.56 Å². The Morgan fingerprint density at radius 1 is 1.09 bits per heavy atom. The van der Waals surface area contributed by atoms with Crippen LogP contribution in [0.1, 0.15) is 11.1 Å². The van der Waals surface area contributed by atoms with Crippen LogP contribution in [0.2, 0.25) is 10.0 Å². The molecule has 0 saturated heterocycles. The normalized spacial score (nSPS) is 10.6. The van der Waals surface area contributed by atoms with Crippen molar-refractivity contribution in [1.29, 1.82) is 0 Å². The van der Waals surface area contributed by atoms with Crippen LogP contribution in [0.5, 0.6) is 0 Å². The summed E-state index contributed by atoms with van der Waals surface area (Å²) in [5, 5.41) is 7.06. The van der Waals surface area contributed by atoms with Gasteiger partial charge < -0.3 is 5.32 Å². The Hall–Kier alpha value is -2.37. The van der Waals surface area contributed by atoms with Gasteiger partial charge >= 0.3 is 11.8 Å². The van der Waals surface area contributed by atoms with Gasteiger partial charge in [-0.05, 0) is 36.8 Å². The number of rotatable bonds is 3. The number of nitrogens with one attached hydrogen (secondary N) is 2. The van der Waals surface area contributed by atoms with E-state index in [1.165, 1.54) is 6.21 Å². The van der Waals surface area contributed by atoms with Crippen molar-refractivity contribution in [1.82, 2.24) is 5.43 Å². The molecule has 0 radical (unpaired) electrons. The van der Waals surface area contributed by atoms with Crippen molar-refractivity contribution in [3.05, 3.63) is 63.6 Å². The molecule has 2 N–H and O–H groups in total. The average molecular weight is 350 g/mol. The van der Waals surface area contributed by atoms with Crippen LogP contribution in [0.4, 0.5) is 5.69 Å². The van der Waals surface area contributed by atoms with Crippen molar-refractivity contribution in [2.45, 2.75) is 6.92 Å². The second kappa shape index (κ2) is 7.76. The lowest BCUT2D eigenvalue weighted by molar-refractivity contribution is -0.136. The predicted octanol–water partition coefficient (Wildman–Crippen LogP) is 3.39. The van der Waals surface area contributed by atoms with Crippen LogP contribution in [0.15, 0.2) is 47.6 Å². The number of carbonyl (C=O) groups excluding carboxylic acids is 2. The number of amides is 2. The summed E-state index contributed by atoms with van der Waals surface area (Å²) in [5.41, 5.74) is 4.21. The highest BCUT2D eigenvalue weighted by molar-refractivity contribution is 6.39. The summed E-state index contributed by atoms with van der Waals surface area (Å²) in [6.45, 7) is 1.88. The van der Waals surface area contributed by atoms with Gasteiger partial charge in [0, 0.05) is 16.3 Å². The summed E-state index contributed by atoms with van der Waals surface area (Å²) in [6.07, 6.45) is 1.33. The zero-order valence-electron chi connectivity index (χ0n) is 12.1. The van der Waals surface area contributed by atoms with Crippen LogP contribution in [0.3, 0.4) is 0 Å². The molecule has 2 aromatic carbocycles. The zero-order chi connectivity index (χ0) is 16.8. The Morgan fingerprint density at radius 2 is 1.87 bits per heavy atom. The number of aryl methyl sites for hydroxylation is 1. The van der Waals surface area contributed by atoms with E-state index in [4.69, 9.17) is 23.2 Å². The van der Waals surface area contributed by atoms with Gasteiger partial charge in [0.05, 0.1) is 11.2 Å². The first-order valence-electron chi connectivity index (χ1n) is 6.62. The molecule has 0 aliphatic rings. The molecule has 0 unspecified atom stereocenters. The summed E-state index contributed by atoms with van der Waals surface area (Å²) in [7, 11) is 0. The molecule has 2 amide bonds. The van der Waals surface area contributed by atoms with Crippen LogP contribution < -0.4 is 10.7 Å². The Bertz CT molecular complexity index is 776. The van der Waals surface area contributed by atoms with Crippen molar-refractivity contribution in [2.24, 2.45) is 5.10 Å². The number of carbonyl (C=O) groups is 2. The molecule has 0 aliphatic heterocycles. The molecular formula is C16H13Cl2N3O2. The van der Waals surface area contributed by atoms with Gasteiger partial charge in [0.1, 0.15) is 0 Å². The van der Waals surface area contributed by atoms with Crippen molar-refractivity contribution < 1.29 is 9.59 Å². The Morgan fingerprint density at radius 3 is 2.57 bits per heavy atom. The summed E-state index contributed by atoms with van der Waals surface area (Å²) in [4.78, 5) is 23.4. The third kappa shape index (κ3) is 5.09. The molecule has 7 heteroatoms. The topological polar surface area (TPSA) is 70.6 Å². The second-order valence-corrected chi connectivity index (χ2v) is 5.53. The minimum atomic E-state index is -0.882. The van der Waals surface area contributed by atoms with Crippen LogP contribution >= 0.6 is 23.2 Å². The third-order valence-electron chi connectivity index (χ3n) is 2.81. The maximum atomic E-state index is 11.7. The molecular weight excluding hydrogens is 337 g/mol. The van der Waals surface area contributed by atoms with E-state index in [1.807, 2.05) is 13.0 Å². The van der Waals surface area contributed by atoms with Crippen molar-refractivity contribution in [3.63, 3.8) is 0 Å². The average Bonchev–Trinajstić information content (AvgIpc) is 2.49. The molecule has 2 rings (SSSR count). The molecule has 0 heterocycles. The Balaban J connectivity index is 1.93. The molecule has 0 saturated carbocycles. The van der Waals surface area contributed by atoms with Gasteiger partial charge in [-0.3, -0.25) is 9.59 Å². The van der Waals surface area contributed by atoms with Crippen LogP contribution in [-0.4, -0.2) is 18.0 Å². The van der Waals surface area contributed by atoms with Gasteiger partial charge in [-0.1, -0.05) is 41.4 Å². The highest BCUT2D eigenvalue weighted by atomic mass is 35.5. The molecule has 0 atom stereocenters. The molecule has 23 heavy (non-hydrogen) atoms. The highest BCUT2D eigenvalue weighted by Crippen LogP contribution is 2.19. The summed E-state index contributed by atoms with van der Waals surface area (Å²) >= 11 is 11.7. The van der Waals surface area contributed by atoms with Crippen LogP contribution in [-0.2, 0) is 9.59 Å². The van der Waals surface area contributed by atoms with E-state index in [9.17, 15) is 9.59 Å². The SMILES string of the molecule is Cc1cccc(NC(=O)C(=O)N/N=C/c2ccc(Cl)cc2Cl)c1. The molecule has 0 aromatic heterocycles. The molecule has 0 spiro atoms. The fourth-order valence-electron chi connectivity index (χ4n) is 1.73. The smallest absolute Gasteiger partial charge is 0.318 e. The Kier molecular flexibility index (Phi) is 5.73. The summed E-state index contributed by atoms with van der Waals surface area (Å²) in [5.74, 6) is -1.69. The van der Waals surface area contributed by atoms with Crippen molar-refractivity contribution in [2.75, 3.05) is 5.32 Å².